The molecule has 2 atom stereocenters. The fourth-order valence-corrected chi connectivity index (χ4v) is 4.50. The Balaban J connectivity index is 1.88. The van der Waals surface area contributed by atoms with Gasteiger partial charge in [-0.05, 0) is 41.5 Å². The van der Waals surface area contributed by atoms with E-state index in [2.05, 4.69) is 31.9 Å². The SMILES string of the molecule is O=C(O)C1c2ccccc2C(=O)N(Cc2ccc(Br)cc2F)C1c1ccc(Br)cc1. The normalized spacial score (nSPS) is 18.2. The molecule has 0 radical (unpaired) electrons. The first-order chi connectivity index (χ1) is 14.4. The van der Waals surface area contributed by atoms with Crippen LogP contribution in [0, 0.1) is 5.82 Å². The van der Waals surface area contributed by atoms with Gasteiger partial charge in [0, 0.05) is 26.6 Å². The molecule has 1 aliphatic rings. The van der Waals surface area contributed by atoms with Gasteiger partial charge < -0.3 is 10.0 Å². The second kappa shape index (κ2) is 8.32. The Morgan fingerprint density at radius 3 is 2.33 bits per heavy atom. The largest absolute Gasteiger partial charge is 0.481 e. The first kappa shape index (κ1) is 20.8. The van der Waals surface area contributed by atoms with Gasteiger partial charge >= 0.3 is 5.97 Å². The smallest absolute Gasteiger partial charge is 0.313 e. The van der Waals surface area contributed by atoms with Crippen LogP contribution in [0.25, 0.3) is 0 Å². The van der Waals surface area contributed by atoms with E-state index in [4.69, 9.17) is 0 Å². The maximum Gasteiger partial charge on any atom is 0.313 e. The van der Waals surface area contributed by atoms with Crippen LogP contribution in [0.5, 0.6) is 0 Å². The van der Waals surface area contributed by atoms with Gasteiger partial charge in [0.2, 0.25) is 0 Å². The Labute approximate surface area is 189 Å². The lowest BCUT2D eigenvalue weighted by Crippen LogP contribution is -2.44. The molecule has 0 aliphatic carbocycles. The number of carboxylic acids is 1. The van der Waals surface area contributed by atoms with Crippen molar-refractivity contribution in [3.63, 3.8) is 0 Å². The zero-order valence-electron chi connectivity index (χ0n) is 15.6. The third-order valence-corrected chi connectivity index (χ3v) is 6.29. The molecule has 4 rings (SSSR count). The predicted octanol–water partition coefficient (Wildman–Crippen LogP) is 5.92. The monoisotopic (exact) mass is 531 g/mol. The van der Waals surface area contributed by atoms with Crippen LogP contribution in [0.2, 0.25) is 0 Å². The van der Waals surface area contributed by atoms with Gasteiger partial charge in [-0.3, -0.25) is 9.59 Å². The summed E-state index contributed by atoms with van der Waals surface area (Å²) in [6.07, 6.45) is 0. The molecule has 0 fully saturated rings. The van der Waals surface area contributed by atoms with Crippen LogP contribution >= 0.6 is 31.9 Å². The van der Waals surface area contributed by atoms with Gasteiger partial charge in [0.1, 0.15) is 11.7 Å². The zero-order valence-corrected chi connectivity index (χ0v) is 18.7. The zero-order chi connectivity index (χ0) is 21.4. The van der Waals surface area contributed by atoms with E-state index in [0.717, 1.165) is 4.47 Å². The standard InChI is InChI=1S/C23H16Br2FNO3/c24-15-8-5-13(6-9-15)21-20(23(29)30)17-3-1-2-4-18(17)22(28)27(21)12-14-7-10-16(25)11-19(14)26/h1-11,20-21H,12H2,(H,29,30). The molecule has 30 heavy (non-hydrogen) atoms. The van der Waals surface area contributed by atoms with E-state index in [1.165, 1.54) is 11.0 Å². The van der Waals surface area contributed by atoms with Gasteiger partial charge in [0.25, 0.3) is 5.91 Å². The number of carbonyl (C=O) groups is 2. The van der Waals surface area contributed by atoms with Crippen molar-refractivity contribution in [3.8, 4) is 0 Å². The Morgan fingerprint density at radius 1 is 1.00 bits per heavy atom. The van der Waals surface area contributed by atoms with E-state index in [1.807, 2.05) is 0 Å². The second-order valence-corrected chi connectivity index (χ2v) is 8.90. The molecule has 7 heteroatoms. The fraction of sp³-hybridized carbons (Fsp3) is 0.130. The maximum atomic E-state index is 14.6. The molecular weight excluding hydrogens is 517 g/mol. The number of nitrogens with zero attached hydrogens (tertiary/aromatic N) is 1. The minimum atomic E-state index is -1.04. The van der Waals surface area contributed by atoms with Crippen LogP contribution in [0.4, 0.5) is 4.39 Å². The van der Waals surface area contributed by atoms with E-state index in [1.54, 1.807) is 60.7 Å². The molecule has 0 saturated heterocycles. The third-order valence-electron chi connectivity index (χ3n) is 5.27. The second-order valence-electron chi connectivity index (χ2n) is 7.07. The highest BCUT2D eigenvalue weighted by molar-refractivity contribution is 9.10. The van der Waals surface area contributed by atoms with Crippen molar-refractivity contribution in [2.75, 3.05) is 0 Å². The lowest BCUT2D eigenvalue weighted by Gasteiger charge is -2.41. The van der Waals surface area contributed by atoms with Crippen molar-refractivity contribution < 1.29 is 19.1 Å². The van der Waals surface area contributed by atoms with Crippen molar-refractivity contribution in [3.05, 3.63) is 104 Å². The number of carbonyl (C=O) groups excluding carboxylic acids is 1. The number of fused-ring (bicyclic) bond motifs is 1. The molecule has 0 saturated carbocycles. The third kappa shape index (κ3) is 3.79. The van der Waals surface area contributed by atoms with Crippen molar-refractivity contribution in [1.29, 1.82) is 0 Å². The molecule has 3 aromatic carbocycles. The highest BCUT2D eigenvalue weighted by Gasteiger charge is 2.44. The number of benzene rings is 3. The lowest BCUT2D eigenvalue weighted by atomic mass is 9.79. The molecule has 3 aromatic rings. The Kier molecular flexibility index (Phi) is 5.75. The molecule has 2 unspecified atom stereocenters. The van der Waals surface area contributed by atoms with Gasteiger partial charge in [-0.15, -0.1) is 0 Å². The number of rotatable bonds is 4. The van der Waals surface area contributed by atoms with Crippen molar-refractivity contribution >= 4 is 43.7 Å². The number of halogens is 3. The van der Waals surface area contributed by atoms with Crippen LogP contribution in [0.1, 0.15) is 39.0 Å². The van der Waals surface area contributed by atoms with Crippen molar-refractivity contribution in [2.24, 2.45) is 0 Å². The molecule has 1 amide bonds. The summed E-state index contributed by atoms with van der Waals surface area (Å²) in [6.45, 7) is -0.0448. The predicted molar refractivity (Wildman–Crippen MR) is 118 cm³/mol. The highest BCUT2D eigenvalue weighted by atomic mass is 79.9. The van der Waals surface area contributed by atoms with Crippen molar-refractivity contribution in [1.82, 2.24) is 4.90 Å². The van der Waals surface area contributed by atoms with E-state index in [0.29, 0.717) is 26.7 Å². The summed E-state index contributed by atoms with van der Waals surface area (Å²) >= 11 is 6.62. The van der Waals surface area contributed by atoms with Crippen molar-refractivity contribution in [2.45, 2.75) is 18.5 Å². The number of hydrogen-bond acceptors (Lipinski definition) is 2. The van der Waals surface area contributed by atoms with Gasteiger partial charge in [0.05, 0.1) is 6.04 Å². The summed E-state index contributed by atoms with van der Waals surface area (Å²) in [4.78, 5) is 27.2. The first-order valence-corrected chi connectivity index (χ1v) is 10.8. The molecule has 152 valence electrons. The van der Waals surface area contributed by atoms with Crippen LogP contribution in [-0.2, 0) is 11.3 Å². The fourth-order valence-electron chi connectivity index (χ4n) is 3.90. The minimum absolute atomic E-state index is 0.0448. The highest BCUT2D eigenvalue weighted by Crippen LogP contribution is 2.44. The number of carboxylic acid groups (broad SMARTS) is 1. The summed E-state index contributed by atoms with van der Waals surface area (Å²) in [7, 11) is 0. The quantitative estimate of drug-likeness (QED) is 0.454. The molecule has 4 nitrogen and oxygen atoms in total. The number of aliphatic carboxylic acids is 1. The van der Waals surface area contributed by atoms with Gasteiger partial charge in [-0.25, -0.2) is 4.39 Å². The summed E-state index contributed by atoms with van der Waals surface area (Å²) in [5.74, 6) is -2.79. The van der Waals surface area contributed by atoms with Crippen LogP contribution < -0.4 is 0 Å². The number of hydrogen-bond donors (Lipinski definition) is 1. The van der Waals surface area contributed by atoms with Crippen LogP contribution in [0.15, 0.2) is 75.7 Å². The molecule has 1 heterocycles. The summed E-state index contributed by atoms with van der Waals surface area (Å²) in [5.41, 5.74) is 1.79. The molecule has 1 N–H and O–H groups in total. The van der Waals surface area contributed by atoms with E-state index in [9.17, 15) is 19.1 Å². The van der Waals surface area contributed by atoms with Crippen LogP contribution in [0.3, 0.4) is 0 Å². The van der Waals surface area contributed by atoms with E-state index >= 15 is 0 Å². The average molecular weight is 533 g/mol. The average Bonchev–Trinajstić information content (AvgIpc) is 2.72. The van der Waals surface area contributed by atoms with Gasteiger partial charge in [0.15, 0.2) is 0 Å². The Hall–Kier alpha value is -2.51. The van der Waals surface area contributed by atoms with E-state index in [-0.39, 0.29) is 12.5 Å². The van der Waals surface area contributed by atoms with E-state index < -0.39 is 23.7 Å². The summed E-state index contributed by atoms with van der Waals surface area (Å²) in [6, 6.07) is 17.8. The first-order valence-electron chi connectivity index (χ1n) is 9.19. The van der Waals surface area contributed by atoms with Crippen LogP contribution in [-0.4, -0.2) is 21.9 Å². The lowest BCUT2D eigenvalue weighted by molar-refractivity contribution is -0.140. The summed E-state index contributed by atoms with van der Waals surface area (Å²) < 4.78 is 16.0. The van der Waals surface area contributed by atoms with Gasteiger partial charge in [-0.2, -0.15) is 0 Å². The topological polar surface area (TPSA) is 57.6 Å². The minimum Gasteiger partial charge on any atom is -0.481 e. The Morgan fingerprint density at radius 2 is 1.67 bits per heavy atom. The molecular formula is C23H16Br2FNO3. The Bertz CT molecular complexity index is 1130. The molecule has 0 aromatic heterocycles. The molecule has 0 spiro atoms. The maximum absolute atomic E-state index is 14.6. The van der Waals surface area contributed by atoms with Gasteiger partial charge in [-0.1, -0.05) is 68.3 Å². The number of amides is 1. The molecule has 1 aliphatic heterocycles. The summed E-state index contributed by atoms with van der Waals surface area (Å²) in [5, 5.41) is 10.1. The molecule has 0 bridgehead atoms.